The van der Waals surface area contributed by atoms with Gasteiger partial charge in [0.05, 0.1) is 19.7 Å². The van der Waals surface area contributed by atoms with Crippen molar-refractivity contribution in [1.82, 2.24) is 25.5 Å². The van der Waals surface area contributed by atoms with Crippen LogP contribution in [0.4, 0.5) is 0 Å². The van der Waals surface area contributed by atoms with Crippen molar-refractivity contribution in [2.75, 3.05) is 6.61 Å². The molecule has 1 aliphatic rings. The summed E-state index contributed by atoms with van der Waals surface area (Å²) < 4.78 is 5.67. The molecule has 1 N–H and O–H groups in total. The molecule has 7 heteroatoms. The molecule has 7 nitrogen and oxygen atoms in total. The predicted molar refractivity (Wildman–Crippen MR) is 70.2 cm³/mol. The third kappa shape index (κ3) is 2.47. The van der Waals surface area contributed by atoms with E-state index in [0.29, 0.717) is 6.61 Å². The molecular weight excluding hydrogens is 258 g/mol. The second-order valence-electron chi connectivity index (χ2n) is 4.66. The highest BCUT2D eigenvalue weighted by Gasteiger charge is 2.23. The number of nitrogens with zero attached hydrogens (tertiary/aromatic N) is 4. The number of rotatable bonds is 2. The Kier molecular flexibility index (Phi) is 3.32. The third-order valence-electron chi connectivity index (χ3n) is 3.21. The van der Waals surface area contributed by atoms with Crippen LogP contribution in [-0.4, -0.2) is 32.7 Å². The van der Waals surface area contributed by atoms with Gasteiger partial charge in [0.1, 0.15) is 5.75 Å². The van der Waals surface area contributed by atoms with E-state index in [2.05, 4.69) is 20.7 Å². The number of aromatic nitrogens is 4. The van der Waals surface area contributed by atoms with Crippen molar-refractivity contribution in [3.8, 4) is 5.75 Å². The van der Waals surface area contributed by atoms with Crippen LogP contribution in [0.2, 0.25) is 0 Å². The number of carbonyl (C=O) groups is 1. The van der Waals surface area contributed by atoms with Gasteiger partial charge in [-0.15, -0.1) is 10.2 Å². The molecule has 1 atom stereocenters. The topological polar surface area (TPSA) is 81.9 Å². The molecule has 20 heavy (non-hydrogen) atoms. The molecule has 0 saturated heterocycles. The molecule has 1 amide bonds. The molecule has 0 unspecified atom stereocenters. The number of fused-ring (bicyclic) bond motifs is 1. The lowest BCUT2D eigenvalue weighted by atomic mass is 10.0. The first-order chi connectivity index (χ1) is 9.74. The normalized spacial score (nSPS) is 17.8. The van der Waals surface area contributed by atoms with E-state index >= 15 is 0 Å². The van der Waals surface area contributed by atoms with Crippen molar-refractivity contribution in [2.45, 2.75) is 18.9 Å². The largest absolute Gasteiger partial charge is 0.493 e. The molecule has 1 aliphatic heterocycles. The minimum Gasteiger partial charge on any atom is -0.493 e. The van der Waals surface area contributed by atoms with Gasteiger partial charge in [-0.05, 0) is 24.1 Å². The molecule has 0 fully saturated rings. The third-order valence-corrected chi connectivity index (χ3v) is 3.21. The highest BCUT2D eigenvalue weighted by Crippen LogP contribution is 2.31. The van der Waals surface area contributed by atoms with Gasteiger partial charge in [0.15, 0.2) is 0 Å². The Morgan fingerprint density at radius 3 is 3.10 bits per heavy atom. The summed E-state index contributed by atoms with van der Waals surface area (Å²) in [6.45, 7) is 0.660. The Bertz CT molecular complexity index is 625. The Hall–Kier alpha value is -2.44. The van der Waals surface area contributed by atoms with Crippen LogP contribution in [-0.2, 0) is 7.05 Å². The Labute approximate surface area is 115 Å². The summed E-state index contributed by atoms with van der Waals surface area (Å²) >= 11 is 0. The van der Waals surface area contributed by atoms with Gasteiger partial charge < -0.3 is 10.1 Å². The van der Waals surface area contributed by atoms with E-state index in [9.17, 15) is 4.79 Å². The van der Waals surface area contributed by atoms with Crippen LogP contribution in [0.1, 0.15) is 35.1 Å². The fourth-order valence-corrected chi connectivity index (χ4v) is 2.27. The van der Waals surface area contributed by atoms with Crippen LogP contribution < -0.4 is 10.1 Å². The Morgan fingerprint density at radius 2 is 2.30 bits per heavy atom. The Balaban J connectivity index is 1.82. The number of amides is 1. The molecule has 1 aromatic carbocycles. The first-order valence-corrected chi connectivity index (χ1v) is 6.50. The van der Waals surface area contributed by atoms with E-state index in [1.807, 2.05) is 24.3 Å². The fourth-order valence-electron chi connectivity index (χ4n) is 2.27. The summed E-state index contributed by atoms with van der Waals surface area (Å²) in [5.41, 5.74) is 0.988. The summed E-state index contributed by atoms with van der Waals surface area (Å²) in [5.74, 6) is 0.581. The minimum atomic E-state index is -0.320. The molecule has 0 bridgehead atoms. The van der Waals surface area contributed by atoms with E-state index in [1.54, 1.807) is 7.05 Å². The van der Waals surface area contributed by atoms with Crippen molar-refractivity contribution in [3.63, 3.8) is 0 Å². The molecule has 0 radical (unpaired) electrons. The van der Waals surface area contributed by atoms with Gasteiger partial charge in [-0.1, -0.05) is 18.2 Å². The molecular formula is C13H15N5O2. The monoisotopic (exact) mass is 273 g/mol. The molecule has 0 aliphatic carbocycles. The van der Waals surface area contributed by atoms with Crippen molar-refractivity contribution in [2.24, 2.45) is 7.05 Å². The summed E-state index contributed by atoms with van der Waals surface area (Å²) in [7, 11) is 1.62. The first-order valence-electron chi connectivity index (χ1n) is 6.50. The maximum Gasteiger partial charge on any atom is 0.293 e. The number of hydrogen-bond acceptors (Lipinski definition) is 5. The van der Waals surface area contributed by atoms with Gasteiger partial charge in [-0.2, -0.15) is 4.80 Å². The van der Waals surface area contributed by atoms with E-state index in [-0.39, 0.29) is 17.8 Å². The lowest BCUT2D eigenvalue weighted by molar-refractivity contribution is 0.0923. The van der Waals surface area contributed by atoms with E-state index in [0.717, 1.165) is 24.2 Å². The SMILES string of the molecule is Cn1nnc(C(=O)N[C@H]2CCCOc3ccccc32)n1. The number of ether oxygens (including phenoxy) is 1. The second kappa shape index (κ2) is 5.28. The number of aryl methyl sites for hydroxylation is 1. The van der Waals surface area contributed by atoms with Gasteiger partial charge in [-0.3, -0.25) is 4.79 Å². The maximum atomic E-state index is 12.1. The number of hydrogen-bond donors (Lipinski definition) is 1. The first kappa shape index (κ1) is 12.6. The van der Waals surface area contributed by atoms with Crippen LogP contribution in [0.3, 0.4) is 0 Å². The zero-order valence-corrected chi connectivity index (χ0v) is 11.1. The number of para-hydroxylation sites is 1. The van der Waals surface area contributed by atoms with Gasteiger partial charge in [0.2, 0.25) is 0 Å². The quantitative estimate of drug-likeness (QED) is 0.877. The van der Waals surface area contributed by atoms with E-state index in [1.165, 1.54) is 4.80 Å². The van der Waals surface area contributed by atoms with Crippen LogP contribution in [0.15, 0.2) is 24.3 Å². The van der Waals surface area contributed by atoms with Crippen LogP contribution in [0.5, 0.6) is 5.75 Å². The number of benzene rings is 1. The lowest BCUT2D eigenvalue weighted by Gasteiger charge is -2.17. The smallest absolute Gasteiger partial charge is 0.293 e. The lowest BCUT2D eigenvalue weighted by Crippen LogP contribution is -2.29. The van der Waals surface area contributed by atoms with Gasteiger partial charge >= 0.3 is 0 Å². The number of carbonyl (C=O) groups excluding carboxylic acids is 1. The van der Waals surface area contributed by atoms with E-state index in [4.69, 9.17) is 4.74 Å². The maximum absolute atomic E-state index is 12.1. The molecule has 0 saturated carbocycles. The minimum absolute atomic E-state index is 0.0788. The molecule has 3 rings (SSSR count). The second-order valence-corrected chi connectivity index (χ2v) is 4.66. The average Bonchev–Trinajstić information content (AvgIpc) is 2.79. The average molecular weight is 273 g/mol. The molecule has 1 aromatic heterocycles. The summed E-state index contributed by atoms with van der Waals surface area (Å²) in [4.78, 5) is 13.4. The van der Waals surface area contributed by atoms with Crippen molar-refractivity contribution in [1.29, 1.82) is 0 Å². The molecule has 2 heterocycles. The standard InChI is InChI=1S/C13H15N5O2/c1-18-16-12(15-17-18)13(19)14-10-6-4-8-20-11-7-3-2-5-9(10)11/h2-3,5,7,10H,4,6,8H2,1H3,(H,14,19)/t10-/m0/s1. The van der Waals surface area contributed by atoms with Crippen molar-refractivity contribution >= 4 is 5.91 Å². The molecule has 0 spiro atoms. The van der Waals surface area contributed by atoms with Crippen LogP contribution >= 0.6 is 0 Å². The van der Waals surface area contributed by atoms with Crippen LogP contribution in [0, 0.1) is 0 Å². The molecule has 104 valence electrons. The summed E-state index contributed by atoms with van der Waals surface area (Å²) in [5, 5.41) is 14.2. The van der Waals surface area contributed by atoms with Crippen molar-refractivity contribution in [3.05, 3.63) is 35.7 Å². The number of nitrogens with one attached hydrogen (secondary N) is 1. The van der Waals surface area contributed by atoms with E-state index < -0.39 is 0 Å². The summed E-state index contributed by atoms with van der Waals surface area (Å²) in [6, 6.07) is 7.65. The Morgan fingerprint density at radius 1 is 1.45 bits per heavy atom. The highest BCUT2D eigenvalue weighted by atomic mass is 16.5. The van der Waals surface area contributed by atoms with Gasteiger partial charge in [-0.25, -0.2) is 0 Å². The van der Waals surface area contributed by atoms with Gasteiger partial charge in [0, 0.05) is 5.56 Å². The predicted octanol–water partition coefficient (Wildman–Crippen LogP) is 0.854. The zero-order chi connectivity index (χ0) is 13.9. The highest BCUT2D eigenvalue weighted by molar-refractivity contribution is 5.90. The fraction of sp³-hybridized carbons (Fsp3) is 0.385. The summed E-state index contributed by atoms with van der Waals surface area (Å²) in [6.07, 6.45) is 1.70. The molecule has 2 aromatic rings. The number of tetrazole rings is 1. The van der Waals surface area contributed by atoms with Crippen LogP contribution in [0.25, 0.3) is 0 Å². The zero-order valence-electron chi connectivity index (χ0n) is 11.1. The van der Waals surface area contributed by atoms with Gasteiger partial charge in [0.25, 0.3) is 11.7 Å². The van der Waals surface area contributed by atoms with Crippen molar-refractivity contribution < 1.29 is 9.53 Å².